The molecule has 0 bridgehead atoms. The van der Waals surface area contributed by atoms with E-state index in [0.29, 0.717) is 5.41 Å². The Morgan fingerprint density at radius 3 is 2.88 bits per heavy atom. The van der Waals surface area contributed by atoms with Crippen molar-refractivity contribution < 1.29 is 4.74 Å². The van der Waals surface area contributed by atoms with E-state index in [2.05, 4.69) is 24.5 Å². The molecule has 0 aliphatic carbocycles. The van der Waals surface area contributed by atoms with Crippen molar-refractivity contribution in [1.29, 1.82) is 0 Å². The Hall–Kier alpha value is -0.120. The van der Waals surface area contributed by atoms with Gasteiger partial charge >= 0.3 is 0 Å². The van der Waals surface area contributed by atoms with E-state index < -0.39 is 0 Å². The van der Waals surface area contributed by atoms with Crippen molar-refractivity contribution in [3.63, 3.8) is 0 Å². The molecule has 100 valence electrons. The van der Waals surface area contributed by atoms with Crippen LogP contribution in [0.1, 0.15) is 33.1 Å². The first-order chi connectivity index (χ1) is 8.18. The van der Waals surface area contributed by atoms with E-state index in [-0.39, 0.29) is 0 Å². The van der Waals surface area contributed by atoms with Gasteiger partial charge in [0, 0.05) is 19.7 Å². The number of ether oxygens (including phenoxy) is 1. The van der Waals surface area contributed by atoms with E-state index in [1.54, 1.807) is 0 Å². The molecule has 2 unspecified atom stereocenters. The number of nitrogens with one attached hydrogen (secondary N) is 2. The third kappa shape index (κ3) is 3.94. The topological polar surface area (TPSA) is 33.3 Å². The van der Waals surface area contributed by atoms with Crippen molar-refractivity contribution in [2.45, 2.75) is 33.1 Å². The van der Waals surface area contributed by atoms with Gasteiger partial charge in [-0.25, -0.2) is 0 Å². The van der Waals surface area contributed by atoms with Crippen molar-refractivity contribution in [1.82, 2.24) is 10.6 Å². The maximum absolute atomic E-state index is 5.41. The zero-order valence-electron chi connectivity index (χ0n) is 11.4. The summed E-state index contributed by atoms with van der Waals surface area (Å²) < 4.78 is 5.41. The highest BCUT2D eigenvalue weighted by molar-refractivity contribution is 4.85. The van der Waals surface area contributed by atoms with E-state index in [1.165, 1.54) is 32.4 Å². The molecule has 2 rings (SSSR count). The van der Waals surface area contributed by atoms with Gasteiger partial charge in [-0.3, -0.25) is 0 Å². The highest BCUT2D eigenvalue weighted by atomic mass is 16.5. The smallest absolute Gasteiger partial charge is 0.0507 e. The Balaban J connectivity index is 1.68. The summed E-state index contributed by atoms with van der Waals surface area (Å²) in [5.74, 6) is 1.57. The van der Waals surface area contributed by atoms with E-state index in [9.17, 15) is 0 Å². The highest BCUT2D eigenvalue weighted by Crippen LogP contribution is 2.31. The van der Waals surface area contributed by atoms with Gasteiger partial charge in [0.15, 0.2) is 0 Å². The summed E-state index contributed by atoms with van der Waals surface area (Å²) >= 11 is 0. The maximum atomic E-state index is 5.41. The second-order valence-electron chi connectivity index (χ2n) is 6.39. The number of piperidine rings is 1. The van der Waals surface area contributed by atoms with Crippen LogP contribution in [0.25, 0.3) is 0 Å². The molecule has 2 heterocycles. The molecule has 2 aliphatic rings. The molecule has 2 saturated heterocycles. The van der Waals surface area contributed by atoms with Crippen molar-refractivity contribution in [3.05, 3.63) is 0 Å². The predicted octanol–water partition coefficient (Wildman–Crippen LogP) is 1.64. The summed E-state index contributed by atoms with van der Waals surface area (Å²) in [7, 11) is 0. The predicted molar refractivity (Wildman–Crippen MR) is 71.2 cm³/mol. The molecule has 2 N–H and O–H groups in total. The van der Waals surface area contributed by atoms with Crippen LogP contribution >= 0.6 is 0 Å². The van der Waals surface area contributed by atoms with Gasteiger partial charge in [-0.15, -0.1) is 0 Å². The van der Waals surface area contributed by atoms with Crippen LogP contribution in [0, 0.1) is 17.3 Å². The van der Waals surface area contributed by atoms with Crippen molar-refractivity contribution in [2.24, 2.45) is 17.3 Å². The van der Waals surface area contributed by atoms with Crippen molar-refractivity contribution >= 4 is 0 Å². The van der Waals surface area contributed by atoms with Crippen LogP contribution in [0.15, 0.2) is 0 Å². The van der Waals surface area contributed by atoms with Gasteiger partial charge in [0.1, 0.15) is 0 Å². The Labute approximate surface area is 106 Å². The van der Waals surface area contributed by atoms with E-state index in [0.717, 1.165) is 38.1 Å². The molecule has 0 aromatic carbocycles. The quantitative estimate of drug-likeness (QED) is 0.766. The molecule has 0 radical (unpaired) electrons. The van der Waals surface area contributed by atoms with E-state index in [1.807, 2.05) is 0 Å². The van der Waals surface area contributed by atoms with Crippen LogP contribution in [0.2, 0.25) is 0 Å². The molecule has 0 saturated carbocycles. The fraction of sp³-hybridized carbons (Fsp3) is 1.00. The van der Waals surface area contributed by atoms with Gasteiger partial charge in [-0.1, -0.05) is 13.8 Å². The van der Waals surface area contributed by atoms with Crippen molar-refractivity contribution in [2.75, 3.05) is 39.4 Å². The Bertz CT molecular complexity index is 218. The molecule has 17 heavy (non-hydrogen) atoms. The summed E-state index contributed by atoms with van der Waals surface area (Å²) in [4.78, 5) is 0. The normalized spacial score (nSPS) is 30.7. The van der Waals surface area contributed by atoms with Crippen LogP contribution in [0.4, 0.5) is 0 Å². The average Bonchev–Trinajstić information content (AvgIpc) is 2.83. The van der Waals surface area contributed by atoms with E-state index in [4.69, 9.17) is 4.74 Å². The number of rotatable bonds is 5. The first kappa shape index (κ1) is 13.3. The average molecular weight is 240 g/mol. The third-order valence-corrected chi connectivity index (χ3v) is 4.44. The summed E-state index contributed by atoms with van der Waals surface area (Å²) in [6.45, 7) is 11.4. The highest BCUT2D eigenvalue weighted by Gasteiger charge is 2.30. The van der Waals surface area contributed by atoms with Gasteiger partial charge in [-0.2, -0.15) is 0 Å². The Morgan fingerprint density at radius 1 is 1.35 bits per heavy atom. The Kier molecular flexibility index (Phi) is 4.83. The monoisotopic (exact) mass is 240 g/mol. The molecular formula is C14H28N2O. The van der Waals surface area contributed by atoms with Crippen LogP contribution in [0.5, 0.6) is 0 Å². The largest absolute Gasteiger partial charge is 0.381 e. The molecule has 2 fully saturated rings. The van der Waals surface area contributed by atoms with Gasteiger partial charge < -0.3 is 15.4 Å². The molecule has 0 amide bonds. The summed E-state index contributed by atoms with van der Waals surface area (Å²) in [6.07, 6.45) is 3.96. The van der Waals surface area contributed by atoms with Crippen LogP contribution in [0.3, 0.4) is 0 Å². The summed E-state index contributed by atoms with van der Waals surface area (Å²) in [5.41, 5.74) is 0.410. The molecule has 3 heteroatoms. The second kappa shape index (κ2) is 6.17. The lowest BCUT2D eigenvalue weighted by Gasteiger charge is -2.37. The first-order valence-electron chi connectivity index (χ1n) is 7.18. The van der Waals surface area contributed by atoms with Gasteiger partial charge in [-0.05, 0) is 49.6 Å². The lowest BCUT2D eigenvalue weighted by Crippen LogP contribution is -2.44. The fourth-order valence-electron chi connectivity index (χ4n) is 3.01. The van der Waals surface area contributed by atoms with E-state index >= 15 is 0 Å². The summed E-state index contributed by atoms with van der Waals surface area (Å²) in [6, 6.07) is 0. The summed E-state index contributed by atoms with van der Waals surface area (Å²) in [5, 5.41) is 7.18. The number of hydrogen-bond donors (Lipinski definition) is 2. The first-order valence-corrected chi connectivity index (χ1v) is 7.18. The van der Waals surface area contributed by atoms with Crippen LogP contribution < -0.4 is 10.6 Å². The Morgan fingerprint density at radius 2 is 2.24 bits per heavy atom. The second-order valence-corrected chi connectivity index (χ2v) is 6.39. The minimum Gasteiger partial charge on any atom is -0.381 e. The zero-order valence-corrected chi connectivity index (χ0v) is 11.4. The van der Waals surface area contributed by atoms with Crippen LogP contribution in [-0.2, 0) is 4.74 Å². The molecule has 0 spiro atoms. The molecule has 3 nitrogen and oxygen atoms in total. The van der Waals surface area contributed by atoms with Crippen LogP contribution in [-0.4, -0.2) is 39.4 Å². The molecule has 0 aromatic rings. The molecular weight excluding hydrogens is 212 g/mol. The fourth-order valence-corrected chi connectivity index (χ4v) is 3.01. The molecule has 0 aromatic heterocycles. The lowest BCUT2D eigenvalue weighted by molar-refractivity contribution is 0.160. The minimum absolute atomic E-state index is 0.410. The molecule has 2 atom stereocenters. The third-order valence-electron chi connectivity index (χ3n) is 4.44. The van der Waals surface area contributed by atoms with Gasteiger partial charge in [0.05, 0.1) is 6.61 Å². The SMILES string of the molecule is CC(C)(CNCC1CCOC1)C1CCCNC1. The lowest BCUT2D eigenvalue weighted by atomic mass is 9.75. The zero-order chi connectivity index (χ0) is 12.1. The maximum Gasteiger partial charge on any atom is 0.0507 e. The minimum atomic E-state index is 0.410. The van der Waals surface area contributed by atoms with Crippen molar-refractivity contribution in [3.8, 4) is 0 Å². The standard InChI is InChI=1S/C14H28N2O/c1-14(2,13-4-3-6-15-9-13)11-16-8-12-5-7-17-10-12/h12-13,15-16H,3-11H2,1-2H3. The van der Waals surface area contributed by atoms with Gasteiger partial charge in [0.2, 0.25) is 0 Å². The number of hydrogen-bond acceptors (Lipinski definition) is 3. The van der Waals surface area contributed by atoms with Gasteiger partial charge in [0.25, 0.3) is 0 Å². The molecule has 2 aliphatic heterocycles.